The van der Waals surface area contributed by atoms with Crippen molar-refractivity contribution < 1.29 is 0 Å². The van der Waals surface area contributed by atoms with Gasteiger partial charge in [0.1, 0.15) is 17.3 Å². The van der Waals surface area contributed by atoms with Crippen molar-refractivity contribution in [1.29, 1.82) is 5.26 Å². The van der Waals surface area contributed by atoms with E-state index in [2.05, 4.69) is 15.9 Å². The molecule has 9 heteroatoms. The molecular formula is C22H16BrN5O2S. The first kappa shape index (κ1) is 20.8. The summed E-state index contributed by atoms with van der Waals surface area (Å²) in [6.07, 6.45) is 1.33. The number of nitrogens with zero attached hydrogens (tertiary/aromatic N) is 5. The third-order valence-corrected chi connectivity index (χ3v) is 5.97. The summed E-state index contributed by atoms with van der Waals surface area (Å²) in [5.74, 6) is 0. The largest absolute Gasteiger partial charge is 0.296 e. The number of para-hydroxylation sites is 1. The maximum absolute atomic E-state index is 13.4. The molecule has 154 valence electrons. The first-order valence-corrected chi connectivity index (χ1v) is 10.4. The molecule has 2 heterocycles. The van der Waals surface area contributed by atoms with Crippen molar-refractivity contribution in [3.8, 4) is 23.1 Å². The molecule has 0 N–H and O–H groups in total. The number of benzene rings is 2. The zero-order valence-corrected chi connectivity index (χ0v) is 19.0. The lowest BCUT2D eigenvalue weighted by atomic mass is 10.3. The second-order valence-corrected chi connectivity index (χ2v) is 8.12. The van der Waals surface area contributed by atoms with Gasteiger partial charge in [-0.3, -0.25) is 23.4 Å². The zero-order chi connectivity index (χ0) is 22.3. The highest BCUT2D eigenvalue weighted by molar-refractivity contribution is 9.10. The van der Waals surface area contributed by atoms with Crippen LogP contribution >= 0.6 is 28.1 Å². The number of nitriles is 1. The molecule has 0 bridgehead atoms. The van der Waals surface area contributed by atoms with Crippen LogP contribution in [-0.4, -0.2) is 18.5 Å². The normalized spacial score (nSPS) is 10.8. The molecule has 0 radical (unpaired) electrons. The maximum atomic E-state index is 13.4. The van der Waals surface area contributed by atoms with Gasteiger partial charge in [0.2, 0.25) is 0 Å². The van der Waals surface area contributed by atoms with E-state index < -0.39 is 5.56 Å². The van der Waals surface area contributed by atoms with Gasteiger partial charge in [-0.15, -0.1) is 0 Å². The Hall–Kier alpha value is -3.48. The number of rotatable bonds is 3. The van der Waals surface area contributed by atoms with Crippen LogP contribution in [0, 0.1) is 23.0 Å². The lowest BCUT2D eigenvalue weighted by molar-refractivity contribution is 0.630. The number of hydrogen-bond donors (Lipinski definition) is 0. The first-order chi connectivity index (χ1) is 14.8. The molecule has 31 heavy (non-hydrogen) atoms. The summed E-state index contributed by atoms with van der Waals surface area (Å²) < 4.78 is 6.87. The lowest BCUT2D eigenvalue weighted by Crippen LogP contribution is -2.28. The van der Waals surface area contributed by atoms with E-state index in [4.69, 9.17) is 12.2 Å². The Morgan fingerprint density at radius 2 is 1.61 bits per heavy atom. The van der Waals surface area contributed by atoms with Gasteiger partial charge in [0.15, 0.2) is 4.77 Å². The molecule has 2 aromatic heterocycles. The molecule has 4 rings (SSSR count). The van der Waals surface area contributed by atoms with Crippen LogP contribution in [0.15, 0.2) is 74.9 Å². The van der Waals surface area contributed by atoms with Gasteiger partial charge in [-0.05, 0) is 55.5 Å². The van der Waals surface area contributed by atoms with E-state index in [1.807, 2.05) is 36.4 Å². The van der Waals surface area contributed by atoms with Crippen LogP contribution in [0.4, 0.5) is 0 Å². The molecule has 0 unspecified atom stereocenters. The van der Waals surface area contributed by atoms with Gasteiger partial charge in [-0.2, -0.15) is 5.26 Å². The molecule has 0 aliphatic rings. The summed E-state index contributed by atoms with van der Waals surface area (Å²) in [5, 5.41) is 9.57. The standard InChI is InChI=1S/C22H16BrN5O2S/c1-14-19(21(30)28(25(14)2)18-6-4-3-5-7-18)26-13-15(12-24)20(29)27(22(26)31)17-10-8-16(23)9-11-17/h3-11,13H,1-2H3. The summed E-state index contributed by atoms with van der Waals surface area (Å²) in [6, 6.07) is 18.1. The Bertz CT molecular complexity index is 1520. The molecule has 7 nitrogen and oxygen atoms in total. The second-order valence-electron chi connectivity index (χ2n) is 6.83. The van der Waals surface area contributed by atoms with E-state index in [-0.39, 0.29) is 21.6 Å². The fourth-order valence-electron chi connectivity index (χ4n) is 3.44. The predicted molar refractivity (Wildman–Crippen MR) is 124 cm³/mol. The van der Waals surface area contributed by atoms with E-state index in [1.54, 1.807) is 42.9 Å². The van der Waals surface area contributed by atoms with Gasteiger partial charge in [-0.25, -0.2) is 4.68 Å². The van der Waals surface area contributed by atoms with Crippen molar-refractivity contribution in [2.75, 3.05) is 0 Å². The average Bonchev–Trinajstić information content (AvgIpc) is 2.99. The number of hydrogen-bond acceptors (Lipinski definition) is 4. The van der Waals surface area contributed by atoms with E-state index in [9.17, 15) is 14.9 Å². The van der Waals surface area contributed by atoms with Crippen LogP contribution in [0.5, 0.6) is 0 Å². The van der Waals surface area contributed by atoms with Crippen molar-refractivity contribution in [3.05, 3.63) is 102 Å². The van der Waals surface area contributed by atoms with Gasteiger partial charge >= 0.3 is 0 Å². The summed E-state index contributed by atoms with van der Waals surface area (Å²) in [7, 11) is 1.77. The average molecular weight is 494 g/mol. The SMILES string of the molecule is Cc1c(-n2cc(C#N)c(=O)n(-c3ccc(Br)cc3)c2=S)c(=O)n(-c2ccccc2)n1C. The van der Waals surface area contributed by atoms with Crippen LogP contribution < -0.4 is 11.1 Å². The van der Waals surface area contributed by atoms with Crippen molar-refractivity contribution in [1.82, 2.24) is 18.5 Å². The highest BCUT2D eigenvalue weighted by Crippen LogP contribution is 2.17. The van der Waals surface area contributed by atoms with Gasteiger partial charge in [-0.1, -0.05) is 34.1 Å². The lowest BCUT2D eigenvalue weighted by Gasteiger charge is -2.12. The fraction of sp³-hybridized carbons (Fsp3) is 0.0909. The minimum absolute atomic E-state index is 0.0948. The van der Waals surface area contributed by atoms with Gasteiger partial charge in [0, 0.05) is 17.7 Å². The van der Waals surface area contributed by atoms with Gasteiger partial charge in [0.05, 0.1) is 17.1 Å². The third kappa shape index (κ3) is 3.40. The van der Waals surface area contributed by atoms with Crippen molar-refractivity contribution in [2.45, 2.75) is 6.92 Å². The van der Waals surface area contributed by atoms with E-state index in [1.165, 1.54) is 20.0 Å². The Kier molecular flexibility index (Phi) is 5.35. The second kappa shape index (κ2) is 7.98. The Morgan fingerprint density at radius 3 is 2.23 bits per heavy atom. The molecule has 0 saturated heterocycles. The minimum Gasteiger partial charge on any atom is -0.285 e. The molecule has 4 aromatic rings. The summed E-state index contributed by atoms with van der Waals surface area (Å²) >= 11 is 8.99. The summed E-state index contributed by atoms with van der Waals surface area (Å²) in [4.78, 5) is 26.4. The Labute approximate surface area is 190 Å². The highest BCUT2D eigenvalue weighted by atomic mass is 79.9. The van der Waals surface area contributed by atoms with Crippen LogP contribution in [0.3, 0.4) is 0 Å². The first-order valence-electron chi connectivity index (χ1n) is 9.24. The quantitative estimate of drug-likeness (QED) is 0.406. The monoisotopic (exact) mass is 493 g/mol. The smallest absolute Gasteiger partial charge is 0.285 e. The van der Waals surface area contributed by atoms with E-state index >= 15 is 0 Å². The maximum Gasteiger partial charge on any atom is 0.296 e. The Balaban J connectivity index is 2.08. The van der Waals surface area contributed by atoms with Crippen LogP contribution in [-0.2, 0) is 7.05 Å². The van der Waals surface area contributed by atoms with Gasteiger partial charge in [0.25, 0.3) is 11.1 Å². The molecule has 2 aromatic carbocycles. The molecule has 0 saturated carbocycles. The molecule has 0 aliphatic heterocycles. The van der Waals surface area contributed by atoms with Crippen LogP contribution in [0.1, 0.15) is 11.3 Å². The molecule has 0 spiro atoms. The zero-order valence-electron chi connectivity index (χ0n) is 16.6. The van der Waals surface area contributed by atoms with Crippen LogP contribution in [0.2, 0.25) is 0 Å². The highest BCUT2D eigenvalue weighted by Gasteiger charge is 2.21. The molecule has 0 atom stereocenters. The minimum atomic E-state index is -0.539. The molecule has 0 fully saturated rings. The fourth-order valence-corrected chi connectivity index (χ4v) is 4.04. The van der Waals surface area contributed by atoms with E-state index in [0.29, 0.717) is 17.1 Å². The van der Waals surface area contributed by atoms with Gasteiger partial charge < -0.3 is 0 Å². The predicted octanol–water partition coefficient (Wildman–Crippen LogP) is 3.79. The number of halogens is 1. The molecule has 0 aliphatic carbocycles. The van der Waals surface area contributed by atoms with Crippen molar-refractivity contribution in [2.24, 2.45) is 7.05 Å². The summed E-state index contributed by atoms with van der Waals surface area (Å²) in [5.41, 5.74) is 1.13. The van der Waals surface area contributed by atoms with Crippen molar-refractivity contribution in [3.63, 3.8) is 0 Å². The van der Waals surface area contributed by atoms with Crippen molar-refractivity contribution >= 4 is 28.1 Å². The van der Waals surface area contributed by atoms with Crippen LogP contribution in [0.25, 0.3) is 17.1 Å². The Morgan fingerprint density at radius 1 is 0.968 bits per heavy atom. The third-order valence-electron chi connectivity index (χ3n) is 5.06. The number of aromatic nitrogens is 4. The topological polar surface area (TPSA) is 77.7 Å². The molecule has 0 amide bonds. The van der Waals surface area contributed by atoms with E-state index in [0.717, 1.165) is 4.47 Å². The molecular weight excluding hydrogens is 478 g/mol. The summed E-state index contributed by atoms with van der Waals surface area (Å²) in [6.45, 7) is 1.79.